The molecule has 3 aromatic heterocycles. The van der Waals surface area contributed by atoms with Crippen LogP contribution >= 0.6 is 11.3 Å². The number of ketones is 1. The summed E-state index contributed by atoms with van der Waals surface area (Å²) in [5.41, 5.74) is 3.69. The van der Waals surface area contributed by atoms with Crippen LogP contribution in [0.3, 0.4) is 0 Å². The molecule has 0 bridgehead atoms. The summed E-state index contributed by atoms with van der Waals surface area (Å²) < 4.78 is 0. The summed E-state index contributed by atoms with van der Waals surface area (Å²) in [5, 5.41) is 11.6. The van der Waals surface area contributed by atoms with Crippen LogP contribution in [0.1, 0.15) is 37.5 Å². The average molecular weight is 446 g/mol. The number of thiazole rings is 1. The Labute approximate surface area is 187 Å². The average Bonchev–Trinajstić information content (AvgIpc) is 3.41. The molecular weight excluding hydrogens is 426 g/mol. The number of nitrogens with one attached hydrogen (secondary N) is 1. The number of pyridine rings is 1. The number of anilines is 1. The van der Waals surface area contributed by atoms with Crippen molar-refractivity contribution in [3.05, 3.63) is 80.8 Å². The van der Waals surface area contributed by atoms with Gasteiger partial charge in [0.05, 0.1) is 38.2 Å². The molecule has 160 valence electrons. The Morgan fingerprint density at radius 1 is 1.12 bits per heavy atom. The first-order valence-corrected chi connectivity index (χ1v) is 10.8. The lowest BCUT2D eigenvalue weighted by Gasteiger charge is -2.24. The van der Waals surface area contributed by atoms with E-state index in [1.165, 1.54) is 16.2 Å². The lowest BCUT2D eigenvalue weighted by Crippen LogP contribution is -2.32. The van der Waals surface area contributed by atoms with Crippen molar-refractivity contribution >= 4 is 40.0 Å². The van der Waals surface area contributed by atoms with Crippen LogP contribution < -0.4 is 4.90 Å². The van der Waals surface area contributed by atoms with Crippen molar-refractivity contribution in [2.24, 2.45) is 0 Å². The molecule has 4 aromatic rings. The Bertz CT molecular complexity index is 1420. The third kappa shape index (κ3) is 3.09. The minimum absolute atomic E-state index is 0.00425. The largest absolute Gasteiger partial charge is 0.503 e. The smallest absolute Gasteiger partial charge is 0.296 e. The summed E-state index contributed by atoms with van der Waals surface area (Å²) in [6, 6.07) is 8.29. The molecule has 1 aliphatic rings. The molecule has 4 heterocycles. The Morgan fingerprint density at radius 2 is 1.88 bits per heavy atom. The van der Waals surface area contributed by atoms with Crippen molar-refractivity contribution in [2.75, 3.05) is 4.90 Å². The molecule has 2 N–H and O–H groups in total. The fourth-order valence-electron chi connectivity index (χ4n) is 4.01. The lowest BCUT2D eigenvalue weighted by molar-refractivity contribution is -0.117. The molecule has 1 aliphatic heterocycles. The Morgan fingerprint density at radius 3 is 2.56 bits per heavy atom. The highest BCUT2D eigenvalue weighted by Gasteiger charge is 2.46. The minimum Gasteiger partial charge on any atom is -0.503 e. The van der Waals surface area contributed by atoms with Gasteiger partial charge in [-0.3, -0.25) is 19.5 Å². The van der Waals surface area contributed by atoms with Gasteiger partial charge in [-0.2, -0.15) is 0 Å². The summed E-state index contributed by atoms with van der Waals surface area (Å²) in [7, 11) is 0. The van der Waals surface area contributed by atoms with E-state index in [0.29, 0.717) is 21.7 Å². The molecule has 0 saturated heterocycles. The maximum Gasteiger partial charge on any atom is 0.296 e. The number of aryl methyl sites for hydroxylation is 3. The number of imidazole rings is 1. The lowest BCUT2D eigenvalue weighted by atomic mass is 9.96. The number of hydrogen-bond donors (Lipinski definition) is 2. The van der Waals surface area contributed by atoms with Gasteiger partial charge < -0.3 is 10.1 Å². The molecule has 5 rings (SSSR count). The van der Waals surface area contributed by atoms with Crippen molar-refractivity contribution in [1.82, 2.24) is 19.9 Å². The van der Waals surface area contributed by atoms with Gasteiger partial charge in [0.25, 0.3) is 5.91 Å². The van der Waals surface area contributed by atoms with Gasteiger partial charge in [0.2, 0.25) is 11.7 Å². The zero-order valence-corrected chi connectivity index (χ0v) is 18.4. The monoisotopic (exact) mass is 445 g/mol. The van der Waals surface area contributed by atoms with Crippen LogP contribution in [-0.2, 0) is 4.79 Å². The SMILES string of the molecule is Cc1ccc2nc(N3C(=O)C(O)=C(C(=O)c4sc(C)nc4C)C3c3ccncc3)[nH]c2c1. The maximum absolute atomic E-state index is 13.5. The molecule has 0 fully saturated rings. The predicted octanol–water partition coefficient (Wildman–Crippen LogP) is 4.12. The van der Waals surface area contributed by atoms with Gasteiger partial charge in [0.15, 0.2) is 5.76 Å². The first-order valence-electron chi connectivity index (χ1n) is 9.97. The van der Waals surface area contributed by atoms with E-state index in [9.17, 15) is 14.7 Å². The summed E-state index contributed by atoms with van der Waals surface area (Å²) in [5.74, 6) is -1.44. The summed E-state index contributed by atoms with van der Waals surface area (Å²) in [6.45, 7) is 5.52. The molecule has 32 heavy (non-hydrogen) atoms. The van der Waals surface area contributed by atoms with Crippen LogP contribution in [0.25, 0.3) is 11.0 Å². The molecular formula is C23H19N5O3S. The van der Waals surface area contributed by atoms with Crippen molar-refractivity contribution in [3.63, 3.8) is 0 Å². The molecule has 1 unspecified atom stereocenters. The van der Waals surface area contributed by atoms with Gasteiger partial charge in [0.1, 0.15) is 0 Å². The van der Waals surface area contributed by atoms with Crippen LogP contribution in [0.2, 0.25) is 0 Å². The Kier molecular flexibility index (Phi) is 4.63. The van der Waals surface area contributed by atoms with Gasteiger partial charge in [-0.15, -0.1) is 11.3 Å². The second-order valence-corrected chi connectivity index (χ2v) is 8.88. The molecule has 0 saturated carbocycles. The van der Waals surface area contributed by atoms with Crippen molar-refractivity contribution in [3.8, 4) is 0 Å². The number of Topliss-reactive ketones (excluding diaryl/α,β-unsaturated/α-hetero) is 1. The third-order valence-corrected chi connectivity index (χ3v) is 6.51. The highest BCUT2D eigenvalue weighted by atomic mass is 32.1. The standard InChI is InChI=1S/C23H19N5O3S/c1-11-4-5-15-16(10-11)27-23(26-15)28-18(14-6-8-24-9-7-14)17(20(30)22(28)31)19(29)21-12(2)25-13(3)32-21/h4-10,18,30H,1-3H3,(H,26,27). The molecule has 8 nitrogen and oxygen atoms in total. The number of aliphatic hydroxyl groups is 1. The molecule has 1 amide bonds. The van der Waals surface area contributed by atoms with Crippen LogP contribution in [0.5, 0.6) is 0 Å². The van der Waals surface area contributed by atoms with Crippen molar-refractivity contribution in [2.45, 2.75) is 26.8 Å². The summed E-state index contributed by atoms with van der Waals surface area (Å²) >= 11 is 1.24. The number of H-pyrrole nitrogens is 1. The summed E-state index contributed by atoms with van der Waals surface area (Å²) in [4.78, 5) is 44.6. The van der Waals surface area contributed by atoms with E-state index in [2.05, 4.69) is 19.9 Å². The molecule has 1 atom stereocenters. The van der Waals surface area contributed by atoms with Crippen LogP contribution in [0.4, 0.5) is 5.95 Å². The van der Waals surface area contributed by atoms with Crippen molar-refractivity contribution < 1.29 is 14.7 Å². The van der Waals surface area contributed by atoms with E-state index in [1.54, 1.807) is 31.5 Å². The zero-order valence-electron chi connectivity index (χ0n) is 17.6. The Hall–Kier alpha value is -3.85. The third-order valence-electron chi connectivity index (χ3n) is 5.44. The van der Waals surface area contributed by atoms with E-state index in [1.807, 2.05) is 32.0 Å². The molecule has 0 radical (unpaired) electrons. The number of carbonyl (C=O) groups excluding carboxylic acids is 2. The van der Waals surface area contributed by atoms with Gasteiger partial charge in [-0.1, -0.05) is 6.07 Å². The number of aromatic nitrogens is 4. The predicted molar refractivity (Wildman–Crippen MR) is 121 cm³/mol. The number of rotatable bonds is 4. The fourth-order valence-corrected chi connectivity index (χ4v) is 4.88. The van der Waals surface area contributed by atoms with E-state index < -0.39 is 23.5 Å². The second-order valence-electron chi connectivity index (χ2n) is 7.68. The number of hydrogen-bond acceptors (Lipinski definition) is 7. The number of benzene rings is 1. The van der Waals surface area contributed by atoms with E-state index in [4.69, 9.17) is 0 Å². The van der Waals surface area contributed by atoms with Crippen LogP contribution in [-0.4, -0.2) is 36.7 Å². The van der Waals surface area contributed by atoms with Gasteiger partial charge in [0, 0.05) is 12.4 Å². The zero-order chi connectivity index (χ0) is 22.6. The molecule has 1 aromatic carbocycles. The highest BCUT2D eigenvalue weighted by Crippen LogP contribution is 2.42. The topological polar surface area (TPSA) is 112 Å². The van der Waals surface area contributed by atoms with Crippen LogP contribution in [0.15, 0.2) is 54.1 Å². The quantitative estimate of drug-likeness (QED) is 0.457. The van der Waals surface area contributed by atoms with Crippen LogP contribution in [0, 0.1) is 20.8 Å². The number of amides is 1. The van der Waals surface area contributed by atoms with E-state index in [-0.39, 0.29) is 11.5 Å². The van der Waals surface area contributed by atoms with Gasteiger partial charge in [-0.05, 0) is 56.2 Å². The number of nitrogens with zero attached hydrogens (tertiary/aromatic N) is 4. The molecule has 0 spiro atoms. The van der Waals surface area contributed by atoms with E-state index >= 15 is 0 Å². The van der Waals surface area contributed by atoms with E-state index in [0.717, 1.165) is 16.1 Å². The van der Waals surface area contributed by atoms with Gasteiger partial charge >= 0.3 is 0 Å². The first kappa shape index (κ1) is 20.1. The maximum atomic E-state index is 13.5. The minimum atomic E-state index is -0.860. The Balaban J connectivity index is 1.68. The second kappa shape index (κ2) is 7.38. The highest BCUT2D eigenvalue weighted by molar-refractivity contribution is 7.14. The fraction of sp³-hybridized carbons (Fsp3) is 0.174. The van der Waals surface area contributed by atoms with Crippen molar-refractivity contribution in [1.29, 1.82) is 0 Å². The number of aliphatic hydroxyl groups excluding tert-OH is 1. The first-order chi connectivity index (χ1) is 15.3. The summed E-state index contributed by atoms with van der Waals surface area (Å²) in [6.07, 6.45) is 3.17. The number of fused-ring (bicyclic) bond motifs is 1. The number of aromatic amines is 1. The normalized spacial score (nSPS) is 16.4. The molecule has 0 aliphatic carbocycles. The number of carbonyl (C=O) groups is 2. The molecule has 9 heteroatoms. The van der Waals surface area contributed by atoms with Gasteiger partial charge in [-0.25, -0.2) is 9.97 Å².